The second-order valence-corrected chi connectivity index (χ2v) is 8.92. The fourth-order valence-electron chi connectivity index (χ4n) is 2.85. The van der Waals surface area contributed by atoms with Gasteiger partial charge in [0.1, 0.15) is 5.84 Å². The summed E-state index contributed by atoms with van der Waals surface area (Å²) in [7, 11) is -3.70. The fraction of sp³-hybridized carbons (Fsp3) is 0.526. The normalized spacial score (nSPS) is 21.9. The highest BCUT2D eigenvalue weighted by atomic mass is 32.2. The second kappa shape index (κ2) is 7.90. The number of rotatable bonds is 7. The van der Waals surface area contributed by atoms with Gasteiger partial charge in [0.15, 0.2) is 12.1 Å². The maximum atomic E-state index is 12.7. The first-order valence-corrected chi connectivity index (χ1v) is 10.9. The Labute approximate surface area is 164 Å². The zero-order valence-corrected chi connectivity index (χ0v) is 17.0. The van der Waals surface area contributed by atoms with Crippen LogP contribution in [0.4, 0.5) is 0 Å². The molecular formula is C19H25N3O5S. The number of carbonyl (C=O) groups excluding carboxylic acids is 2. The van der Waals surface area contributed by atoms with Crippen LogP contribution in [0.5, 0.6) is 0 Å². The van der Waals surface area contributed by atoms with Gasteiger partial charge in [0.05, 0.1) is 4.90 Å². The van der Waals surface area contributed by atoms with E-state index in [4.69, 9.17) is 4.74 Å². The summed E-state index contributed by atoms with van der Waals surface area (Å²) in [4.78, 5) is 29.3. The molecule has 3 rings (SSSR count). The van der Waals surface area contributed by atoms with Crippen molar-refractivity contribution in [3.05, 3.63) is 29.8 Å². The van der Waals surface area contributed by atoms with Crippen LogP contribution in [0.15, 0.2) is 34.2 Å². The number of benzene rings is 1. The summed E-state index contributed by atoms with van der Waals surface area (Å²) in [5, 5.41) is 2.79. The number of nitrogens with one attached hydrogen (secondary N) is 2. The van der Waals surface area contributed by atoms with Crippen molar-refractivity contribution in [3.63, 3.8) is 0 Å². The summed E-state index contributed by atoms with van der Waals surface area (Å²) < 4.78 is 32.3. The Bertz CT molecular complexity index is 908. The van der Waals surface area contributed by atoms with Crippen LogP contribution in [-0.2, 0) is 24.3 Å². The summed E-state index contributed by atoms with van der Waals surface area (Å²) in [6.07, 6.45) is 1.57. The minimum absolute atomic E-state index is 0.118. The van der Waals surface area contributed by atoms with E-state index in [9.17, 15) is 18.0 Å². The van der Waals surface area contributed by atoms with Crippen molar-refractivity contribution in [2.45, 2.75) is 63.1 Å². The predicted octanol–water partition coefficient (Wildman–Crippen LogP) is 1.35. The molecule has 0 radical (unpaired) electrons. The molecule has 9 heteroatoms. The number of carbonyl (C=O) groups is 2. The first-order valence-electron chi connectivity index (χ1n) is 9.43. The van der Waals surface area contributed by atoms with Gasteiger partial charge < -0.3 is 10.1 Å². The fourth-order valence-corrected chi connectivity index (χ4v) is 4.09. The third kappa shape index (κ3) is 4.35. The van der Waals surface area contributed by atoms with Crippen LogP contribution in [-0.4, -0.2) is 44.3 Å². The van der Waals surface area contributed by atoms with Crippen LogP contribution in [0, 0.1) is 5.92 Å². The largest absolute Gasteiger partial charge is 0.451 e. The second-order valence-electron chi connectivity index (χ2n) is 7.27. The van der Waals surface area contributed by atoms with E-state index in [0.717, 1.165) is 12.8 Å². The number of nitrogens with zero attached hydrogens (tertiary/aromatic N) is 1. The highest BCUT2D eigenvalue weighted by Gasteiger charge is 2.35. The van der Waals surface area contributed by atoms with E-state index < -0.39 is 28.1 Å². The molecule has 1 amide bonds. The molecule has 8 nitrogen and oxygen atoms in total. The molecule has 1 aliphatic heterocycles. The van der Waals surface area contributed by atoms with E-state index in [2.05, 4.69) is 15.0 Å². The average Bonchev–Trinajstić information content (AvgIpc) is 3.43. The lowest BCUT2D eigenvalue weighted by atomic mass is 9.99. The maximum absolute atomic E-state index is 12.7. The van der Waals surface area contributed by atoms with Gasteiger partial charge in [-0.2, -0.15) is 0 Å². The molecule has 0 saturated heterocycles. The number of fused-ring (bicyclic) bond motifs is 1. The number of amidine groups is 1. The van der Waals surface area contributed by atoms with Crippen LogP contribution in [0.1, 0.15) is 45.6 Å². The van der Waals surface area contributed by atoms with Gasteiger partial charge in [-0.1, -0.05) is 32.4 Å². The Morgan fingerprint density at radius 1 is 1.29 bits per heavy atom. The Kier molecular flexibility index (Phi) is 5.74. The number of sulfonamides is 1. The zero-order valence-electron chi connectivity index (χ0n) is 16.1. The third-order valence-electron chi connectivity index (χ3n) is 4.94. The molecule has 0 spiro atoms. The van der Waals surface area contributed by atoms with Crippen molar-refractivity contribution >= 4 is 27.7 Å². The van der Waals surface area contributed by atoms with Gasteiger partial charge in [-0.05, 0) is 37.8 Å². The summed E-state index contributed by atoms with van der Waals surface area (Å²) in [6.45, 7) is 5.26. The van der Waals surface area contributed by atoms with Gasteiger partial charge in [0.2, 0.25) is 0 Å². The third-order valence-corrected chi connectivity index (χ3v) is 6.34. The van der Waals surface area contributed by atoms with Crippen LogP contribution in [0.25, 0.3) is 0 Å². The monoisotopic (exact) mass is 407 g/mol. The van der Waals surface area contributed by atoms with Crippen molar-refractivity contribution < 1.29 is 22.7 Å². The van der Waals surface area contributed by atoms with E-state index in [1.807, 2.05) is 13.8 Å². The van der Waals surface area contributed by atoms with E-state index in [0.29, 0.717) is 12.0 Å². The lowest BCUT2D eigenvalue weighted by Gasteiger charge is -2.21. The molecule has 1 aromatic rings. The Morgan fingerprint density at radius 2 is 1.96 bits per heavy atom. The number of aliphatic imine (C=N–C) groups is 1. The van der Waals surface area contributed by atoms with E-state index in [1.54, 1.807) is 18.2 Å². The number of hydrogen-bond donors (Lipinski definition) is 2. The summed E-state index contributed by atoms with van der Waals surface area (Å²) >= 11 is 0. The van der Waals surface area contributed by atoms with Gasteiger partial charge in [0.25, 0.3) is 15.9 Å². The highest BCUT2D eigenvalue weighted by Crippen LogP contribution is 2.24. The Balaban J connectivity index is 1.82. The molecule has 0 aromatic heterocycles. The number of ether oxygens (including phenoxy) is 1. The molecule has 3 atom stereocenters. The molecule has 2 N–H and O–H groups in total. The van der Waals surface area contributed by atoms with Crippen LogP contribution < -0.4 is 10.0 Å². The lowest BCUT2D eigenvalue weighted by molar-refractivity contribution is -0.157. The molecule has 152 valence electrons. The van der Waals surface area contributed by atoms with E-state index in [1.165, 1.54) is 13.0 Å². The van der Waals surface area contributed by atoms with Gasteiger partial charge in [0, 0.05) is 11.6 Å². The summed E-state index contributed by atoms with van der Waals surface area (Å²) in [5.41, 5.74) is 0.420. The molecule has 1 fully saturated rings. The molecule has 1 aromatic carbocycles. The van der Waals surface area contributed by atoms with Crippen LogP contribution in [0.3, 0.4) is 0 Å². The quantitative estimate of drug-likeness (QED) is 0.662. The molecule has 1 saturated carbocycles. The smallest absolute Gasteiger partial charge is 0.332 e. The first kappa shape index (κ1) is 20.3. The number of amides is 1. The SMILES string of the molecule is CC[C@H](C)[C@H](N=C1NS(=O)(=O)c2ccccc21)C(=O)O[C@@H](C)C(=O)NC1CC1. The molecule has 1 heterocycles. The number of hydrogen-bond acceptors (Lipinski definition) is 6. The predicted molar refractivity (Wildman–Crippen MR) is 103 cm³/mol. The molecule has 28 heavy (non-hydrogen) atoms. The van der Waals surface area contributed by atoms with Crippen LogP contribution in [0.2, 0.25) is 0 Å². The van der Waals surface area contributed by atoms with Gasteiger partial charge >= 0.3 is 5.97 Å². The molecule has 0 unspecified atom stereocenters. The minimum atomic E-state index is -3.70. The average molecular weight is 407 g/mol. The van der Waals surface area contributed by atoms with E-state index in [-0.39, 0.29) is 28.6 Å². The molecular weight excluding hydrogens is 382 g/mol. The van der Waals surface area contributed by atoms with Crippen molar-refractivity contribution in [2.24, 2.45) is 10.9 Å². The zero-order chi connectivity index (χ0) is 20.5. The van der Waals surface area contributed by atoms with Gasteiger partial charge in [-0.3, -0.25) is 14.5 Å². The molecule has 1 aliphatic carbocycles. The topological polar surface area (TPSA) is 114 Å². The molecule has 0 bridgehead atoms. The summed E-state index contributed by atoms with van der Waals surface area (Å²) in [6, 6.07) is 5.70. The van der Waals surface area contributed by atoms with Crippen molar-refractivity contribution in [2.75, 3.05) is 0 Å². The Hall–Kier alpha value is -2.42. The number of esters is 1. The molecule has 2 aliphatic rings. The lowest BCUT2D eigenvalue weighted by Crippen LogP contribution is -2.40. The van der Waals surface area contributed by atoms with Gasteiger partial charge in [-0.15, -0.1) is 0 Å². The maximum Gasteiger partial charge on any atom is 0.332 e. The van der Waals surface area contributed by atoms with Crippen molar-refractivity contribution in [3.8, 4) is 0 Å². The summed E-state index contributed by atoms with van der Waals surface area (Å²) in [5.74, 6) is -1.06. The van der Waals surface area contributed by atoms with E-state index >= 15 is 0 Å². The highest BCUT2D eigenvalue weighted by molar-refractivity contribution is 7.90. The first-order chi connectivity index (χ1) is 13.2. The van der Waals surface area contributed by atoms with Gasteiger partial charge in [-0.25, -0.2) is 13.2 Å². The Morgan fingerprint density at radius 3 is 2.61 bits per heavy atom. The minimum Gasteiger partial charge on any atom is -0.451 e. The van der Waals surface area contributed by atoms with Crippen LogP contribution >= 0.6 is 0 Å². The van der Waals surface area contributed by atoms with Crippen molar-refractivity contribution in [1.29, 1.82) is 0 Å². The standard InChI is InChI=1S/C19H25N3O5S/c1-4-11(2)16(19(24)27-12(3)18(23)20-13-9-10-13)21-17-14-7-5-6-8-15(14)28(25,26)22-17/h5-8,11-13,16H,4,9-10H2,1-3H3,(H,20,23)(H,21,22)/t11-,12-,16-/m0/s1. The van der Waals surface area contributed by atoms with Crippen molar-refractivity contribution in [1.82, 2.24) is 10.0 Å².